The van der Waals surface area contributed by atoms with Crippen LogP contribution in [0.2, 0.25) is 10.3 Å². The van der Waals surface area contributed by atoms with Gasteiger partial charge in [0.1, 0.15) is 12.7 Å². The lowest BCUT2D eigenvalue weighted by Gasteiger charge is -2.24. The molecule has 156 valence electrons. The normalized spacial score (nSPS) is 23.8. The average molecular weight is 445 g/mol. The molecule has 1 saturated heterocycles. The predicted molar refractivity (Wildman–Crippen MR) is 101 cm³/mol. The van der Waals surface area contributed by atoms with Gasteiger partial charge in [0, 0.05) is 25.8 Å². The summed E-state index contributed by atoms with van der Waals surface area (Å²) in [7, 11) is 0. The van der Waals surface area contributed by atoms with Crippen LogP contribution in [0.3, 0.4) is 0 Å². The van der Waals surface area contributed by atoms with Crippen molar-refractivity contribution in [2.75, 3.05) is 6.61 Å². The van der Waals surface area contributed by atoms with Crippen molar-refractivity contribution in [1.29, 1.82) is 0 Å². The molecule has 0 saturated carbocycles. The molecule has 1 aromatic carbocycles. The number of rotatable bonds is 5. The molecular formula is C18H18Cl2N2O7. The van der Waals surface area contributed by atoms with E-state index < -0.39 is 42.4 Å². The molecule has 0 radical (unpaired) electrons. The predicted octanol–water partition coefficient (Wildman–Crippen LogP) is 2.67. The first kappa shape index (κ1) is 21.4. The lowest BCUT2D eigenvalue weighted by molar-refractivity contribution is -0.166. The molecule has 9 nitrogen and oxygen atoms in total. The maximum Gasteiger partial charge on any atom is 0.303 e. The van der Waals surface area contributed by atoms with Crippen LogP contribution in [0.25, 0.3) is 11.0 Å². The van der Waals surface area contributed by atoms with E-state index in [9.17, 15) is 14.4 Å². The first-order chi connectivity index (χ1) is 13.7. The van der Waals surface area contributed by atoms with Crippen molar-refractivity contribution < 1.29 is 33.3 Å². The molecule has 0 aliphatic carbocycles. The zero-order chi connectivity index (χ0) is 21.3. The third kappa shape index (κ3) is 4.63. The van der Waals surface area contributed by atoms with Crippen LogP contribution >= 0.6 is 23.2 Å². The summed E-state index contributed by atoms with van der Waals surface area (Å²) in [6, 6.07) is 4.95. The van der Waals surface area contributed by atoms with Crippen molar-refractivity contribution in [1.82, 2.24) is 9.55 Å². The Hall–Kier alpha value is -2.36. The van der Waals surface area contributed by atoms with Gasteiger partial charge < -0.3 is 18.9 Å². The van der Waals surface area contributed by atoms with E-state index in [4.69, 9.17) is 42.1 Å². The van der Waals surface area contributed by atoms with Gasteiger partial charge in [-0.15, -0.1) is 0 Å². The van der Waals surface area contributed by atoms with Crippen LogP contribution in [-0.4, -0.2) is 52.4 Å². The second kappa shape index (κ2) is 8.56. The van der Waals surface area contributed by atoms with E-state index in [1.807, 2.05) is 0 Å². The molecule has 4 atom stereocenters. The molecule has 0 bridgehead atoms. The molecule has 2 aromatic rings. The second-order valence-corrected chi connectivity index (χ2v) is 7.17. The molecule has 1 aromatic heterocycles. The van der Waals surface area contributed by atoms with Gasteiger partial charge in [-0.05, 0) is 29.8 Å². The second-order valence-electron chi connectivity index (χ2n) is 6.40. The molecular weight excluding hydrogens is 427 g/mol. The first-order valence-corrected chi connectivity index (χ1v) is 9.39. The molecule has 1 fully saturated rings. The first-order valence-electron chi connectivity index (χ1n) is 8.63. The van der Waals surface area contributed by atoms with Crippen LogP contribution in [0.1, 0.15) is 27.0 Å². The topological polar surface area (TPSA) is 106 Å². The van der Waals surface area contributed by atoms with E-state index in [2.05, 4.69) is 4.98 Å². The van der Waals surface area contributed by atoms with E-state index >= 15 is 0 Å². The quantitative estimate of drug-likeness (QED) is 0.511. The summed E-state index contributed by atoms with van der Waals surface area (Å²) in [5.41, 5.74) is 1.07. The molecule has 0 spiro atoms. The number of esters is 3. The van der Waals surface area contributed by atoms with Gasteiger partial charge in [-0.3, -0.25) is 19.0 Å². The summed E-state index contributed by atoms with van der Waals surface area (Å²) < 4.78 is 23.2. The van der Waals surface area contributed by atoms with Gasteiger partial charge >= 0.3 is 17.9 Å². The molecule has 0 unspecified atom stereocenters. The van der Waals surface area contributed by atoms with E-state index in [0.717, 1.165) is 0 Å². The lowest BCUT2D eigenvalue weighted by atomic mass is 10.1. The Balaban J connectivity index is 2.05. The Morgan fingerprint density at radius 1 is 1.07 bits per heavy atom. The van der Waals surface area contributed by atoms with Crippen molar-refractivity contribution in [3.8, 4) is 0 Å². The summed E-state index contributed by atoms with van der Waals surface area (Å²) in [4.78, 5) is 38.9. The Morgan fingerprint density at radius 2 is 1.72 bits per heavy atom. The summed E-state index contributed by atoms with van der Waals surface area (Å²) in [6.45, 7) is 3.45. The van der Waals surface area contributed by atoms with Crippen molar-refractivity contribution in [3.05, 3.63) is 28.5 Å². The van der Waals surface area contributed by atoms with Crippen LogP contribution in [0.4, 0.5) is 0 Å². The number of hydrogen-bond donors (Lipinski definition) is 0. The zero-order valence-corrected chi connectivity index (χ0v) is 17.3. The monoisotopic (exact) mass is 444 g/mol. The van der Waals surface area contributed by atoms with Gasteiger partial charge in [-0.2, -0.15) is 0 Å². The van der Waals surface area contributed by atoms with Gasteiger partial charge in [0.05, 0.1) is 11.0 Å². The molecule has 1 aliphatic heterocycles. The number of carbonyl (C=O) groups is 3. The number of nitrogens with zero attached hydrogens (tertiary/aromatic N) is 2. The van der Waals surface area contributed by atoms with Gasteiger partial charge in [-0.1, -0.05) is 11.6 Å². The summed E-state index contributed by atoms with van der Waals surface area (Å²) >= 11 is 12.3. The van der Waals surface area contributed by atoms with E-state index in [-0.39, 0.29) is 11.9 Å². The minimum absolute atomic E-state index is 0.0547. The minimum Gasteiger partial charge on any atom is -0.463 e. The molecule has 29 heavy (non-hydrogen) atoms. The fourth-order valence-corrected chi connectivity index (χ4v) is 3.63. The fraction of sp³-hybridized carbons (Fsp3) is 0.444. The highest BCUT2D eigenvalue weighted by molar-refractivity contribution is 6.31. The molecule has 3 rings (SSSR count). The van der Waals surface area contributed by atoms with Gasteiger partial charge in [-0.25, -0.2) is 4.98 Å². The van der Waals surface area contributed by atoms with E-state index in [1.165, 1.54) is 25.3 Å². The molecule has 11 heteroatoms. The number of halogens is 2. The Labute approximate surface area is 175 Å². The van der Waals surface area contributed by atoms with Crippen molar-refractivity contribution in [2.45, 2.75) is 45.3 Å². The number of ether oxygens (including phenoxy) is 4. The van der Waals surface area contributed by atoms with Crippen LogP contribution in [-0.2, 0) is 33.3 Å². The van der Waals surface area contributed by atoms with Gasteiger partial charge in [0.25, 0.3) is 0 Å². The summed E-state index contributed by atoms with van der Waals surface area (Å²) in [5, 5.41) is 0.521. The molecule has 2 heterocycles. The number of carbonyl (C=O) groups excluding carboxylic acids is 3. The summed E-state index contributed by atoms with van der Waals surface area (Å²) in [5.74, 6) is -1.77. The zero-order valence-electron chi connectivity index (χ0n) is 15.8. The number of imidazole rings is 1. The maximum absolute atomic E-state index is 11.7. The number of fused-ring (bicyclic) bond motifs is 1. The summed E-state index contributed by atoms with van der Waals surface area (Å²) in [6.07, 6.45) is -3.95. The van der Waals surface area contributed by atoms with Crippen molar-refractivity contribution in [3.63, 3.8) is 0 Å². The Morgan fingerprint density at radius 3 is 2.34 bits per heavy atom. The smallest absolute Gasteiger partial charge is 0.303 e. The highest BCUT2D eigenvalue weighted by Gasteiger charge is 2.51. The highest BCUT2D eigenvalue weighted by atomic mass is 35.5. The third-order valence-electron chi connectivity index (χ3n) is 4.20. The average Bonchev–Trinajstić information content (AvgIpc) is 3.08. The fourth-order valence-electron chi connectivity index (χ4n) is 3.19. The van der Waals surface area contributed by atoms with Gasteiger partial charge in [0.15, 0.2) is 18.4 Å². The van der Waals surface area contributed by atoms with E-state index in [1.54, 1.807) is 18.2 Å². The van der Waals surface area contributed by atoms with Crippen LogP contribution in [0.15, 0.2) is 18.2 Å². The van der Waals surface area contributed by atoms with Crippen molar-refractivity contribution in [2.24, 2.45) is 0 Å². The van der Waals surface area contributed by atoms with Crippen LogP contribution in [0, 0.1) is 0 Å². The maximum atomic E-state index is 11.7. The standard InChI is InChI=1S/C18H18Cl2N2O7/c1-8(23)26-7-14-15(27-9(2)24)16(28-10(3)25)17(29-14)22-13-5-4-11(19)6-12(13)21-18(22)20/h4-6,14-17H,7H2,1-3H3/t14-,15-,16-,17-/m1/s1. The van der Waals surface area contributed by atoms with Gasteiger partial charge in [0.2, 0.25) is 5.28 Å². The lowest BCUT2D eigenvalue weighted by Crippen LogP contribution is -2.40. The molecule has 1 aliphatic rings. The van der Waals surface area contributed by atoms with E-state index in [0.29, 0.717) is 16.1 Å². The highest BCUT2D eigenvalue weighted by Crippen LogP contribution is 2.38. The Kier molecular flexibility index (Phi) is 6.30. The SMILES string of the molecule is CC(=O)OC[C@H]1O[C@@H](n2c(Cl)nc3cc(Cl)ccc32)[C@H](OC(C)=O)[C@@H]1OC(C)=O. The molecule has 0 amide bonds. The van der Waals surface area contributed by atoms with Crippen LogP contribution < -0.4 is 0 Å². The number of aromatic nitrogens is 2. The van der Waals surface area contributed by atoms with Crippen LogP contribution in [0.5, 0.6) is 0 Å². The third-order valence-corrected chi connectivity index (χ3v) is 4.71. The number of benzene rings is 1. The molecule has 0 N–H and O–H groups in total. The number of hydrogen-bond acceptors (Lipinski definition) is 8. The largest absolute Gasteiger partial charge is 0.463 e. The Bertz CT molecular complexity index is 961. The minimum atomic E-state index is -1.05. The van der Waals surface area contributed by atoms with Crippen molar-refractivity contribution >= 4 is 52.1 Å².